The predicted molar refractivity (Wildman–Crippen MR) is 55.8 cm³/mol. The third-order valence-electron chi connectivity index (χ3n) is 3.10. The van der Waals surface area contributed by atoms with E-state index in [0.29, 0.717) is 13.0 Å². The highest BCUT2D eigenvalue weighted by molar-refractivity contribution is 5.69. The molecule has 1 rings (SSSR count). The Balaban J connectivity index is 2.66. The van der Waals surface area contributed by atoms with Crippen molar-refractivity contribution in [2.24, 2.45) is 0 Å². The van der Waals surface area contributed by atoms with Gasteiger partial charge in [-0.1, -0.05) is 0 Å². The lowest BCUT2D eigenvalue weighted by molar-refractivity contribution is -0.157. The van der Waals surface area contributed by atoms with Gasteiger partial charge in [0.2, 0.25) is 0 Å². The van der Waals surface area contributed by atoms with Gasteiger partial charge >= 0.3 is 12.1 Å². The Morgan fingerprint density at radius 2 is 2.12 bits per heavy atom. The third-order valence-corrected chi connectivity index (χ3v) is 3.10. The van der Waals surface area contributed by atoms with Crippen molar-refractivity contribution in [3.63, 3.8) is 0 Å². The molecule has 7 heteroatoms. The molecular weight excluding hydrogens is 237 g/mol. The SMILES string of the molecule is CC1CC(N(CC(=O)O)CC(F)(F)F)CN1C. The number of carbonyl (C=O) groups is 1. The van der Waals surface area contributed by atoms with Gasteiger partial charge in [-0.3, -0.25) is 9.69 Å². The Bertz CT molecular complexity index is 273. The molecule has 0 saturated carbocycles. The van der Waals surface area contributed by atoms with Crippen LogP contribution in [0.3, 0.4) is 0 Å². The molecular formula is C10H17F3N2O2. The molecule has 0 amide bonds. The molecule has 0 aliphatic carbocycles. The summed E-state index contributed by atoms with van der Waals surface area (Å²) in [6.07, 6.45) is -3.79. The first-order valence-corrected chi connectivity index (χ1v) is 5.42. The average Bonchev–Trinajstić information content (AvgIpc) is 2.42. The number of likely N-dealkylation sites (N-methyl/N-ethyl adjacent to an activating group) is 1. The third kappa shape index (κ3) is 4.51. The number of likely N-dealkylation sites (tertiary alicyclic amines) is 1. The van der Waals surface area contributed by atoms with Gasteiger partial charge in [-0.25, -0.2) is 0 Å². The molecule has 0 bridgehead atoms. The van der Waals surface area contributed by atoms with Gasteiger partial charge < -0.3 is 10.0 Å². The highest BCUT2D eigenvalue weighted by atomic mass is 19.4. The van der Waals surface area contributed by atoms with Crippen LogP contribution in [0.1, 0.15) is 13.3 Å². The first-order chi connectivity index (χ1) is 7.69. The first kappa shape index (κ1) is 14.2. The van der Waals surface area contributed by atoms with Gasteiger partial charge in [-0.05, 0) is 20.4 Å². The van der Waals surface area contributed by atoms with Crippen molar-refractivity contribution >= 4 is 5.97 Å². The van der Waals surface area contributed by atoms with E-state index in [1.807, 2.05) is 18.9 Å². The fourth-order valence-electron chi connectivity index (χ4n) is 2.14. The van der Waals surface area contributed by atoms with Crippen LogP contribution in [0.15, 0.2) is 0 Å². The summed E-state index contributed by atoms with van der Waals surface area (Å²) >= 11 is 0. The number of carboxylic acids is 1. The zero-order valence-corrected chi connectivity index (χ0v) is 9.87. The van der Waals surface area contributed by atoms with Crippen molar-refractivity contribution < 1.29 is 23.1 Å². The molecule has 0 spiro atoms. The van der Waals surface area contributed by atoms with E-state index in [1.54, 1.807) is 0 Å². The number of nitrogens with zero attached hydrogens (tertiary/aromatic N) is 2. The predicted octanol–water partition coefficient (Wildman–Crippen LogP) is 1.03. The van der Waals surface area contributed by atoms with Gasteiger partial charge in [0.1, 0.15) is 0 Å². The minimum Gasteiger partial charge on any atom is -0.480 e. The van der Waals surface area contributed by atoms with Crippen LogP contribution in [0.2, 0.25) is 0 Å². The molecule has 0 aromatic heterocycles. The Morgan fingerprint density at radius 1 is 1.53 bits per heavy atom. The molecule has 1 fully saturated rings. The molecule has 1 aliphatic heterocycles. The largest absolute Gasteiger partial charge is 0.480 e. The zero-order valence-electron chi connectivity index (χ0n) is 9.87. The van der Waals surface area contributed by atoms with Gasteiger partial charge in [0.25, 0.3) is 0 Å². The number of halogens is 3. The molecule has 1 N–H and O–H groups in total. The fraction of sp³-hybridized carbons (Fsp3) is 0.900. The van der Waals surface area contributed by atoms with E-state index in [-0.39, 0.29) is 12.1 Å². The van der Waals surface area contributed by atoms with Crippen LogP contribution in [0, 0.1) is 0 Å². The second-order valence-corrected chi connectivity index (χ2v) is 4.59. The van der Waals surface area contributed by atoms with E-state index in [9.17, 15) is 18.0 Å². The Labute approximate surface area is 98.0 Å². The molecule has 0 aromatic rings. The van der Waals surface area contributed by atoms with Gasteiger partial charge in [0, 0.05) is 18.6 Å². The van der Waals surface area contributed by atoms with Crippen molar-refractivity contribution in [1.29, 1.82) is 0 Å². The van der Waals surface area contributed by atoms with Gasteiger partial charge in [0.05, 0.1) is 13.1 Å². The molecule has 4 nitrogen and oxygen atoms in total. The minimum atomic E-state index is -4.36. The van der Waals surface area contributed by atoms with Crippen LogP contribution in [-0.2, 0) is 4.79 Å². The van der Waals surface area contributed by atoms with Crippen LogP contribution < -0.4 is 0 Å². The van der Waals surface area contributed by atoms with E-state index < -0.39 is 25.2 Å². The van der Waals surface area contributed by atoms with Crippen LogP contribution >= 0.6 is 0 Å². The molecule has 1 saturated heterocycles. The van der Waals surface area contributed by atoms with Crippen LogP contribution in [0.4, 0.5) is 13.2 Å². The summed E-state index contributed by atoms with van der Waals surface area (Å²) in [6.45, 7) is 0.673. The minimum absolute atomic E-state index is 0.185. The number of hydrogen-bond donors (Lipinski definition) is 1. The quantitative estimate of drug-likeness (QED) is 0.813. The summed E-state index contributed by atoms with van der Waals surface area (Å²) < 4.78 is 37.1. The number of carboxylic acid groups (broad SMARTS) is 1. The summed E-state index contributed by atoms with van der Waals surface area (Å²) in [6, 6.07) is -0.155. The van der Waals surface area contributed by atoms with Crippen molar-refractivity contribution in [3.8, 4) is 0 Å². The fourth-order valence-corrected chi connectivity index (χ4v) is 2.14. The van der Waals surface area contributed by atoms with Gasteiger partial charge in [-0.2, -0.15) is 13.2 Å². The topological polar surface area (TPSA) is 43.8 Å². The molecule has 2 unspecified atom stereocenters. The zero-order chi connectivity index (χ0) is 13.2. The van der Waals surface area contributed by atoms with Gasteiger partial charge in [0.15, 0.2) is 0 Å². The monoisotopic (exact) mass is 254 g/mol. The molecule has 100 valence electrons. The van der Waals surface area contributed by atoms with E-state index in [0.717, 1.165) is 4.90 Å². The van der Waals surface area contributed by atoms with Crippen LogP contribution in [0.25, 0.3) is 0 Å². The maximum Gasteiger partial charge on any atom is 0.401 e. The molecule has 2 atom stereocenters. The van der Waals surface area contributed by atoms with Crippen molar-refractivity contribution in [3.05, 3.63) is 0 Å². The normalized spacial score (nSPS) is 26.7. The Morgan fingerprint density at radius 3 is 2.47 bits per heavy atom. The van der Waals surface area contributed by atoms with Crippen LogP contribution in [0.5, 0.6) is 0 Å². The van der Waals surface area contributed by atoms with E-state index in [2.05, 4.69) is 0 Å². The second-order valence-electron chi connectivity index (χ2n) is 4.59. The van der Waals surface area contributed by atoms with Gasteiger partial charge in [-0.15, -0.1) is 0 Å². The summed E-state index contributed by atoms with van der Waals surface area (Å²) in [5, 5.41) is 8.65. The summed E-state index contributed by atoms with van der Waals surface area (Å²) in [5.41, 5.74) is 0. The lowest BCUT2D eigenvalue weighted by Crippen LogP contribution is -2.45. The van der Waals surface area contributed by atoms with E-state index in [1.165, 1.54) is 0 Å². The molecule has 0 aromatic carbocycles. The highest BCUT2D eigenvalue weighted by Gasteiger charge is 2.38. The summed E-state index contributed by atoms with van der Waals surface area (Å²) in [7, 11) is 1.83. The number of alkyl halides is 3. The Kier molecular flexibility index (Phi) is 4.37. The lowest BCUT2D eigenvalue weighted by atomic mass is 10.1. The maximum absolute atomic E-state index is 12.4. The second kappa shape index (κ2) is 5.22. The van der Waals surface area contributed by atoms with E-state index >= 15 is 0 Å². The van der Waals surface area contributed by atoms with E-state index in [4.69, 9.17) is 5.11 Å². The number of rotatable bonds is 4. The first-order valence-electron chi connectivity index (χ1n) is 5.42. The average molecular weight is 254 g/mol. The molecule has 17 heavy (non-hydrogen) atoms. The lowest BCUT2D eigenvalue weighted by Gasteiger charge is -2.27. The number of aliphatic carboxylic acids is 1. The smallest absolute Gasteiger partial charge is 0.401 e. The maximum atomic E-state index is 12.4. The van der Waals surface area contributed by atoms with Crippen molar-refractivity contribution in [2.45, 2.75) is 31.6 Å². The van der Waals surface area contributed by atoms with Crippen LogP contribution in [-0.4, -0.2) is 65.8 Å². The number of hydrogen-bond acceptors (Lipinski definition) is 3. The summed E-state index contributed by atoms with van der Waals surface area (Å²) in [5.74, 6) is -1.23. The Hall–Kier alpha value is -0.820. The standard InChI is InChI=1S/C10H17F3N2O2/c1-7-3-8(4-14(7)2)15(5-9(16)17)6-10(11,12)13/h7-8H,3-6H2,1-2H3,(H,16,17). The summed E-state index contributed by atoms with van der Waals surface area (Å²) in [4.78, 5) is 13.5. The molecule has 1 aliphatic rings. The van der Waals surface area contributed by atoms with Crippen molar-refractivity contribution in [2.75, 3.05) is 26.7 Å². The molecule has 0 radical (unpaired) electrons. The highest BCUT2D eigenvalue weighted by Crippen LogP contribution is 2.24. The molecule has 1 heterocycles. The van der Waals surface area contributed by atoms with Crippen molar-refractivity contribution in [1.82, 2.24) is 9.80 Å².